The Kier molecular flexibility index (Phi) is 4.60. The molecule has 0 bridgehead atoms. The summed E-state index contributed by atoms with van der Waals surface area (Å²) in [5.74, 6) is -0.0828. The van der Waals surface area contributed by atoms with Gasteiger partial charge in [0.1, 0.15) is 6.61 Å². The Hall–Kier alpha value is -0.910. The van der Waals surface area contributed by atoms with Gasteiger partial charge in [0.2, 0.25) is 5.91 Å². The Bertz CT molecular complexity index is 461. The summed E-state index contributed by atoms with van der Waals surface area (Å²) in [6.45, 7) is 5.69. The molecule has 0 unspecified atom stereocenters. The average molecular weight is 327 g/mol. The highest BCUT2D eigenvalue weighted by Gasteiger charge is 2.33. The van der Waals surface area contributed by atoms with Crippen molar-refractivity contribution in [3.8, 4) is 0 Å². The van der Waals surface area contributed by atoms with Crippen LogP contribution in [0.1, 0.15) is 25.5 Å². The van der Waals surface area contributed by atoms with Gasteiger partial charge in [0.25, 0.3) is 0 Å². The van der Waals surface area contributed by atoms with Crippen molar-refractivity contribution in [1.82, 2.24) is 10.6 Å². The van der Waals surface area contributed by atoms with Crippen molar-refractivity contribution in [2.24, 2.45) is 0 Å². The molecule has 1 aromatic carbocycles. The van der Waals surface area contributed by atoms with E-state index in [0.29, 0.717) is 0 Å². The second kappa shape index (κ2) is 6.03. The molecule has 0 saturated carbocycles. The maximum atomic E-state index is 11.8. The first-order valence-electron chi connectivity index (χ1n) is 6.38. The molecular formula is C14H19BrN2O2. The molecule has 1 aromatic rings. The molecule has 0 radical (unpaired) electrons. The van der Waals surface area contributed by atoms with Gasteiger partial charge in [-0.1, -0.05) is 28.1 Å². The molecule has 2 rings (SSSR count). The largest absolute Gasteiger partial charge is 0.363 e. The Balaban J connectivity index is 1.81. The van der Waals surface area contributed by atoms with E-state index >= 15 is 0 Å². The summed E-state index contributed by atoms with van der Waals surface area (Å²) in [7, 11) is 0. The van der Waals surface area contributed by atoms with Gasteiger partial charge in [0.05, 0.1) is 11.6 Å². The summed E-state index contributed by atoms with van der Waals surface area (Å²) in [4.78, 5) is 11.8. The van der Waals surface area contributed by atoms with Crippen LogP contribution in [0.2, 0.25) is 0 Å². The van der Waals surface area contributed by atoms with Gasteiger partial charge in [-0.15, -0.1) is 0 Å². The lowest BCUT2D eigenvalue weighted by molar-refractivity contribution is -0.136. The second-order valence-electron chi connectivity index (χ2n) is 5.19. The topological polar surface area (TPSA) is 50.4 Å². The smallest absolute Gasteiger partial charge is 0.246 e. The van der Waals surface area contributed by atoms with Gasteiger partial charge in [0.15, 0.2) is 0 Å². The third-order valence-corrected chi connectivity index (χ3v) is 3.77. The van der Waals surface area contributed by atoms with Gasteiger partial charge in [0, 0.05) is 17.6 Å². The molecule has 1 aliphatic rings. The molecule has 0 aromatic heterocycles. The Labute approximate surface area is 122 Å². The van der Waals surface area contributed by atoms with E-state index < -0.39 is 0 Å². The number of hydrogen-bond donors (Lipinski definition) is 2. The van der Waals surface area contributed by atoms with E-state index in [2.05, 4.69) is 26.6 Å². The van der Waals surface area contributed by atoms with E-state index in [1.54, 1.807) is 0 Å². The zero-order chi connectivity index (χ0) is 13.9. The molecule has 104 valence electrons. The van der Waals surface area contributed by atoms with E-state index in [1.807, 2.05) is 38.1 Å². The van der Waals surface area contributed by atoms with Crippen molar-refractivity contribution in [3.05, 3.63) is 34.3 Å². The van der Waals surface area contributed by atoms with Crippen LogP contribution in [0.3, 0.4) is 0 Å². The van der Waals surface area contributed by atoms with Crippen LogP contribution in [0.25, 0.3) is 0 Å². The van der Waals surface area contributed by atoms with Gasteiger partial charge >= 0.3 is 0 Å². The minimum Gasteiger partial charge on any atom is -0.363 e. The minimum absolute atomic E-state index is 0.0269. The number of carbonyl (C=O) groups excluding carboxylic acids is 1. The first kappa shape index (κ1) is 14.5. The molecule has 1 heterocycles. The number of rotatable bonds is 5. The Morgan fingerprint density at radius 1 is 1.58 bits per heavy atom. The maximum Gasteiger partial charge on any atom is 0.246 e. The molecular weight excluding hydrogens is 308 g/mol. The number of nitrogens with one attached hydrogen (secondary N) is 2. The highest BCUT2D eigenvalue weighted by molar-refractivity contribution is 9.10. The van der Waals surface area contributed by atoms with Crippen LogP contribution in [-0.4, -0.2) is 31.2 Å². The standard InChI is InChI=1S/C14H19BrN2O2/c1-10(11-4-3-5-12(15)6-11)17-13(18)7-19-14(2)8-16-9-14/h3-6,10,16H,7-9H2,1-2H3,(H,17,18)/t10-/m0/s1. The quantitative estimate of drug-likeness (QED) is 0.870. The Morgan fingerprint density at radius 2 is 2.32 bits per heavy atom. The number of hydrogen-bond acceptors (Lipinski definition) is 3. The fraction of sp³-hybridized carbons (Fsp3) is 0.500. The molecule has 1 fully saturated rings. The lowest BCUT2D eigenvalue weighted by Gasteiger charge is -2.38. The van der Waals surface area contributed by atoms with E-state index in [1.165, 1.54) is 0 Å². The van der Waals surface area contributed by atoms with Gasteiger partial charge < -0.3 is 15.4 Å². The normalized spacial score (nSPS) is 18.5. The van der Waals surface area contributed by atoms with Crippen LogP contribution in [-0.2, 0) is 9.53 Å². The van der Waals surface area contributed by atoms with Gasteiger partial charge in [-0.05, 0) is 31.5 Å². The van der Waals surface area contributed by atoms with Gasteiger partial charge in [-0.2, -0.15) is 0 Å². The van der Waals surface area contributed by atoms with Crippen LogP contribution in [0.15, 0.2) is 28.7 Å². The molecule has 1 amide bonds. The van der Waals surface area contributed by atoms with Crippen LogP contribution >= 0.6 is 15.9 Å². The van der Waals surface area contributed by atoms with Crippen molar-refractivity contribution in [1.29, 1.82) is 0 Å². The zero-order valence-electron chi connectivity index (χ0n) is 11.2. The van der Waals surface area contributed by atoms with Crippen LogP contribution in [0.5, 0.6) is 0 Å². The van der Waals surface area contributed by atoms with Crippen LogP contribution in [0, 0.1) is 0 Å². The van der Waals surface area contributed by atoms with E-state index in [9.17, 15) is 4.79 Å². The molecule has 2 N–H and O–H groups in total. The third kappa shape index (κ3) is 4.03. The first-order valence-corrected chi connectivity index (χ1v) is 7.17. The molecule has 1 saturated heterocycles. The summed E-state index contributed by atoms with van der Waals surface area (Å²) in [6, 6.07) is 7.89. The van der Waals surface area contributed by atoms with Crippen molar-refractivity contribution < 1.29 is 9.53 Å². The molecule has 1 atom stereocenters. The molecule has 4 nitrogen and oxygen atoms in total. The lowest BCUT2D eigenvalue weighted by atomic mass is 10.0. The monoisotopic (exact) mass is 326 g/mol. The third-order valence-electron chi connectivity index (χ3n) is 3.28. The predicted molar refractivity (Wildman–Crippen MR) is 77.9 cm³/mol. The fourth-order valence-electron chi connectivity index (χ4n) is 1.96. The molecule has 0 spiro atoms. The van der Waals surface area contributed by atoms with E-state index in [4.69, 9.17) is 4.74 Å². The summed E-state index contributed by atoms with van der Waals surface area (Å²) < 4.78 is 6.61. The maximum absolute atomic E-state index is 11.8. The SMILES string of the molecule is C[C@H](NC(=O)COC1(C)CNC1)c1cccc(Br)c1. The summed E-state index contributed by atoms with van der Waals surface area (Å²) in [5, 5.41) is 6.08. The predicted octanol–water partition coefficient (Wildman–Crippen LogP) is 2.00. The first-order chi connectivity index (χ1) is 8.98. The summed E-state index contributed by atoms with van der Waals surface area (Å²) in [5.41, 5.74) is 0.885. The van der Waals surface area contributed by atoms with Crippen molar-refractivity contribution in [3.63, 3.8) is 0 Å². The number of benzene rings is 1. The average Bonchev–Trinajstić information content (AvgIpc) is 2.34. The highest BCUT2D eigenvalue weighted by atomic mass is 79.9. The summed E-state index contributed by atoms with van der Waals surface area (Å²) >= 11 is 3.43. The fourth-order valence-corrected chi connectivity index (χ4v) is 2.38. The zero-order valence-corrected chi connectivity index (χ0v) is 12.8. The molecule has 19 heavy (non-hydrogen) atoms. The van der Waals surface area contributed by atoms with Crippen molar-refractivity contribution >= 4 is 21.8 Å². The molecule has 0 aliphatic carbocycles. The summed E-state index contributed by atoms with van der Waals surface area (Å²) in [6.07, 6.45) is 0. The number of ether oxygens (including phenoxy) is 1. The Morgan fingerprint density at radius 3 is 2.89 bits per heavy atom. The second-order valence-corrected chi connectivity index (χ2v) is 6.10. The van der Waals surface area contributed by atoms with Gasteiger partial charge in [-0.3, -0.25) is 4.79 Å². The highest BCUT2D eigenvalue weighted by Crippen LogP contribution is 2.18. The van der Waals surface area contributed by atoms with E-state index in [-0.39, 0.29) is 24.2 Å². The minimum atomic E-state index is -0.184. The molecule has 1 aliphatic heterocycles. The van der Waals surface area contributed by atoms with Crippen molar-refractivity contribution in [2.45, 2.75) is 25.5 Å². The number of carbonyl (C=O) groups is 1. The van der Waals surface area contributed by atoms with E-state index in [0.717, 1.165) is 23.1 Å². The number of halogens is 1. The molecule has 5 heteroatoms. The van der Waals surface area contributed by atoms with Crippen molar-refractivity contribution in [2.75, 3.05) is 19.7 Å². The number of amides is 1. The van der Waals surface area contributed by atoms with Crippen LogP contribution < -0.4 is 10.6 Å². The lowest BCUT2D eigenvalue weighted by Crippen LogP contribution is -2.59. The van der Waals surface area contributed by atoms with Crippen LogP contribution in [0.4, 0.5) is 0 Å². The van der Waals surface area contributed by atoms with Gasteiger partial charge in [-0.25, -0.2) is 0 Å².